The van der Waals surface area contributed by atoms with Crippen molar-refractivity contribution in [3.8, 4) is 5.75 Å². The third-order valence-electron chi connectivity index (χ3n) is 3.06. The molecule has 0 aromatic heterocycles. The molecular weight excluding hydrogens is 405 g/mol. The van der Waals surface area contributed by atoms with Crippen LogP contribution in [0.3, 0.4) is 0 Å². The normalized spacial score (nSPS) is 12.2. The second kappa shape index (κ2) is 6.94. The third-order valence-corrected chi connectivity index (χ3v) is 4.51. The Morgan fingerprint density at radius 3 is 2.50 bits per heavy atom. The van der Waals surface area contributed by atoms with Crippen LogP contribution in [0.2, 0.25) is 5.02 Å². The molecule has 0 aliphatic rings. The summed E-state index contributed by atoms with van der Waals surface area (Å²) in [4.78, 5) is 0. The van der Waals surface area contributed by atoms with Gasteiger partial charge in [-0.3, -0.25) is 0 Å². The van der Waals surface area contributed by atoms with Crippen molar-refractivity contribution in [2.75, 3.05) is 14.2 Å². The Kier molecular flexibility index (Phi) is 5.49. The van der Waals surface area contributed by atoms with Crippen molar-refractivity contribution >= 4 is 43.5 Å². The summed E-state index contributed by atoms with van der Waals surface area (Å²) in [6.45, 7) is 0. The van der Waals surface area contributed by atoms with Gasteiger partial charge < -0.3 is 10.1 Å². The van der Waals surface area contributed by atoms with Crippen LogP contribution in [0, 0.1) is 0 Å². The minimum absolute atomic E-state index is 0.0180. The lowest BCUT2D eigenvalue weighted by Crippen LogP contribution is -2.19. The van der Waals surface area contributed by atoms with Crippen LogP contribution in [-0.4, -0.2) is 14.2 Å². The first kappa shape index (κ1) is 15.8. The highest BCUT2D eigenvalue weighted by Crippen LogP contribution is 2.36. The molecule has 0 saturated carbocycles. The van der Waals surface area contributed by atoms with Gasteiger partial charge in [0.2, 0.25) is 0 Å². The minimum Gasteiger partial charge on any atom is -0.496 e. The topological polar surface area (TPSA) is 21.3 Å². The first-order chi connectivity index (χ1) is 9.56. The first-order valence-corrected chi connectivity index (χ1v) is 7.99. The van der Waals surface area contributed by atoms with Crippen LogP contribution < -0.4 is 10.1 Å². The van der Waals surface area contributed by atoms with Gasteiger partial charge in [-0.2, -0.15) is 0 Å². The average molecular weight is 420 g/mol. The summed E-state index contributed by atoms with van der Waals surface area (Å²) in [6, 6.07) is 11.7. The van der Waals surface area contributed by atoms with Gasteiger partial charge in [-0.15, -0.1) is 0 Å². The van der Waals surface area contributed by atoms with Crippen molar-refractivity contribution in [1.82, 2.24) is 5.32 Å². The number of ether oxygens (including phenoxy) is 1. The molecular formula is C15H14Br2ClNO. The molecule has 0 heterocycles. The number of benzene rings is 2. The number of methoxy groups -OCH3 is 1. The van der Waals surface area contributed by atoms with Crippen LogP contribution in [0.15, 0.2) is 45.3 Å². The molecule has 1 N–H and O–H groups in total. The zero-order valence-electron chi connectivity index (χ0n) is 11.1. The van der Waals surface area contributed by atoms with Crippen LogP contribution in [0.1, 0.15) is 17.2 Å². The lowest BCUT2D eigenvalue weighted by Gasteiger charge is -2.21. The molecule has 0 fully saturated rings. The minimum atomic E-state index is -0.0180. The van der Waals surface area contributed by atoms with Gasteiger partial charge in [0.05, 0.1) is 13.2 Å². The molecule has 0 bridgehead atoms. The van der Waals surface area contributed by atoms with E-state index in [9.17, 15) is 0 Å². The van der Waals surface area contributed by atoms with Gasteiger partial charge >= 0.3 is 0 Å². The Bertz CT molecular complexity index is 619. The lowest BCUT2D eigenvalue weighted by atomic mass is 9.98. The largest absolute Gasteiger partial charge is 0.496 e. The highest BCUT2D eigenvalue weighted by Gasteiger charge is 2.19. The lowest BCUT2D eigenvalue weighted by molar-refractivity contribution is 0.405. The Balaban J connectivity index is 2.57. The molecule has 2 aromatic carbocycles. The van der Waals surface area contributed by atoms with Crippen molar-refractivity contribution in [2.45, 2.75) is 6.04 Å². The van der Waals surface area contributed by atoms with E-state index in [0.29, 0.717) is 5.02 Å². The summed E-state index contributed by atoms with van der Waals surface area (Å²) < 4.78 is 7.50. The molecule has 5 heteroatoms. The van der Waals surface area contributed by atoms with Crippen LogP contribution in [0.25, 0.3) is 0 Å². The highest BCUT2D eigenvalue weighted by molar-refractivity contribution is 9.11. The zero-order chi connectivity index (χ0) is 14.7. The molecule has 2 aromatic rings. The quantitative estimate of drug-likeness (QED) is 0.737. The standard InChI is InChI=1S/C15H14Br2ClNO/c1-19-15(11-7-9(16)3-5-13(11)17)12-8-10(18)4-6-14(12)20-2/h3-8,15,19H,1-2H3. The van der Waals surface area contributed by atoms with E-state index in [0.717, 1.165) is 25.8 Å². The smallest absolute Gasteiger partial charge is 0.124 e. The summed E-state index contributed by atoms with van der Waals surface area (Å²) in [5.74, 6) is 0.806. The number of nitrogens with one attached hydrogen (secondary N) is 1. The Hall–Kier alpha value is -0.550. The summed E-state index contributed by atoms with van der Waals surface area (Å²) in [7, 11) is 3.58. The first-order valence-electron chi connectivity index (χ1n) is 6.02. The van der Waals surface area contributed by atoms with E-state index in [1.165, 1.54) is 0 Å². The summed E-state index contributed by atoms with van der Waals surface area (Å²) in [5, 5.41) is 4.00. The maximum Gasteiger partial charge on any atom is 0.124 e. The van der Waals surface area contributed by atoms with Gasteiger partial charge in [0.25, 0.3) is 0 Å². The predicted molar refractivity (Wildman–Crippen MR) is 90.7 cm³/mol. The van der Waals surface area contributed by atoms with E-state index in [-0.39, 0.29) is 6.04 Å². The van der Waals surface area contributed by atoms with Gasteiger partial charge in [-0.05, 0) is 49.0 Å². The molecule has 1 atom stereocenters. The van der Waals surface area contributed by atoms with Gasteiger partial charge in [-0.25, -0.2) is 0 Å². The van der Waals surface area contributed by atoms with E-state index < -0.39 is 0 Å². The molecule has 2 nitrogen and oxygen atoms in total. The number of hydrogen-bond donors (Lipinski definition) is 1. The summed E-state index contributed by atoms with van der Waals surface area (Å²) in [5.41, 5.74) is 2.11. The average Bonchev–Trinajstić information content (AvgIpc) is 2.44. The second-order valence-corrected chi connectivity index (χ2v) is 6.48. The maximum absolute atomic E-state index is 6.13. The molecule has 0 radical (unpaired) electrons. The van der Waals surface area contributed by atoms with E-state index in [2.05, 4.69) is 43.2 Å². The van der Waals surface area contributed by atoms with Gasteiger partial charge in [0, 0.05) is 19.5 Å². The molecule has 0 spiro atoms. The second-order valence-electron chi connectivity index (χ2n) is 4.27. The van der Waals surface area contributed by atoms with Crippen molar-refractivity contribution in [3.63, 3.8) is 0 Å². The fourth-order valence-corrected chi connectivity index (χ4v) is 3.18. The fraction of sp³-hybridized carbons (Fsp3) is 0.200. The van der Waals surface area contributed by atoms with E-state index in [1.807, 2.05) is 37.4 Å². The molecule has 0 saturated heterocycles. The SMILES string of the molecule is CNC(c1cc(Br)ccc1Br)c1cc(Cl)ccc1OC. The molecule has 0 amide bonds. The Labute approximate surface area is 140 Å². The van der Waals surface area contributed by atoms with Crippen LogP contribution in [0.5, 0.6) is 5.75 Å². The number of rotatable bonds is 4. The van der Waals surface area contributed by atoms with Gasteiger partial charge in [-0.1, -0.05) is 43.5 Å². The van der Waals surface area contributed by atoms with E-state index in [4.69, 9.17) is 16.3 Å². The zero-order valence-corrected chi connectivity index (χ0v) is 15.0. The number of halogens is 3. The van der Waals surface area contributed by atoms with Gasteiger partial charge in [0.1, 0.15) is 5.75 Å². The van der Waals surface area contributed by atoms with Crippen LogP contribution in [-0.2, 0) is 0 Å². The van der Waals surface area contributed by atoms with Gasteiger partial charge in [0.15, 0.2) is 0 Å². The van der Waals surface area contributed by atoms with Crippen molar-refractivity contribution in [2.24, 2.45) is 0 Å². The van der Waals surface area contributed by atoms with E-state index in [1.54, 1.807) is 7.11 Å². The van der Waals surface area contributed by atoms with Crippen molar-refractivity contribution in [1.29, 1.82) is 0 Å². The van der Waals surface area contributed by atoms with Crippen molar-refractivity contribution in [3.05, 3.63) is 61.5 Å². The molecule has 0 aliphatic heterocycles. The Morgan fingerprint density at radius 1 is 1.10 bits per heavy atom. The van der Waals surface area contributed by atoms with E-state index >= 15 is 0 Å². The van der Waals surface area contributed by atoms with Crippen LogP contribution in [0.4, 0.5) is 0 Å². The highest BCUT2D eigenvalue weighted by atomic mass is 79.9. The number of hydrogen-bond acceptors (Lipinski definition) is 2. The molecule has 1 unspecified atom stereocenters. The third kappa shape index (κ3) is 3.37. The molecule has 106 valence electrons. The molecule has 20 heavy (non-hydrogen) atoms. The summed E-state index contributed by atoms with van der Waals surface area (Å²) in [6.07, 6.45) is 0. The Morgan fingerprint density at radius 2 is 1.85 bits per heavy atom. The molecule has 2 rings (SSSR count). The summed E-state index contributed by atoms with van der Waals surface area (Å²) >= 11 is 13.2. The van der Waals surface area contributed by atoms with Crippen molar-refractivity contribution < 1.29 is 4.74 Å². The monoisotopic (exact) mass is 417 g/mol. The van der Waals surface area contributed by atoms with Crippen LogP contribution >= 0.6 is 43.5 Å². The molecule has 0 aliphatic carbocycles. The maximum atomic E-state index is 6.13. The predicted octanol–water partition coefficient (Wildman–Crippen LogP) is 5.18. The fourth-order valence-electron chi connectivity index (χ4n) is 2.15.